The van der Waals surface area contributed by atoms with Crippen molar-refractivity contribution in [2.24, 2.45) is 0 Å². The van der Waals surface area contributed by atoms with Gasteiger partial charge >= 0.3 is 0 Å². The van der Waals surface area contributed by atoms with E-state index in [0.29, 0.717) is 18.5 Å². The minimum Gasteiger partial charge on any atom is -0.380 e. The molecule has 1 aliphatic heterocycles. The van der Waals surface area contributed by atoms with Crippen molar-refractivity contribution in [3.05, 3.63) is 36.7 Å². The second-order valence-electron chi connectivity index (χ2n) is 5.11. The predicted octanol–water partition coefficient (Wildman–Crippen LogP) is 2.27. The Morgan fingerprint density at radius 3 is 2.62 bits per heavy atom. The second-order valence-corrected chi connectivity index (χ2v) is 6.34. The highest BCUT2D eigenvalue weighted by Gasteiger charge is 2.37. The molecule has 1 amide bonds. The molecule has 1 aliphatic rings. The molecule has 3 N–H and O–H groups in total. The largest absolute Gasteiger partial charge is 0.380 e. The van der Waals surface area contributed by atoms with Gasteiger partial charge in [-0.05, 0) is 48.6 Å². The van der Waals surface area contributed by atoms with Crippen molar-refractivity contribution in [2.45, 2.75) is 18.4 Å². The third-order valence-corrected chi connectivity index (χ3v) is 4.64. The number of amides is 1. The number of aromatic nitrogens is 2. The Kier molecular flexibility index (Phi) is 3.98. The van der Waals surface area contributed by atoms with Crippen molar-refractivity contribution in [1.82, 2.24) is 9.97 Å². The molecular weight excluding hydrogens is 286 g/mol. The fourth-order valence-corrected chi connectivity index (χ4v) is 3.49. The lowest BCUT2D eigenvalue weighted by molar-refractivity contribution is -0.134. The Morgan fingerprint density at radius 1 is 1.29 bits per heavy atom. The molecule has 3 rings (SSSR count). The highest BCUT2D eigenvalue weighted by atomic mass is 32.2. The van der Waals surface area contributed by atoms with Gasteiger partial charge in [0.05, 0.1) is 0 Å². The summed E-state index contributed by atoms with van der Waals surface area (Å²) in [5.41, 5.74) is 0.401. The van der Waals surface area contributed by atoms with E-state index in [9.17, 15) is 9.90 Å². The molecule has 0 radical (unpaired) electrons. The van der Waals surface area contributed by atoms with Crippen molar-refractivity contribution in [3.8, 4) is 11.4 Å². The molecule has 0 atom stereocenters. The van der Waals surface area contributed by atoms with Gasteiger partial charge in [-0.25, -0.2) is 4.98 Å². The van der Waals surface area contributed by atoms with Crippen LogP contribution in [0.4, 0.5) is 5.69 Å². The third kappa shape index (κ3) is 3.11. The maximum Gasteiger partial charge on any atom is 0.256 e. The molecule has 1 fully saturated rings. The van der Waals surface area contributed by atoms with Crippen LogP contribution in [0.2, 0.25) is 0 Å². The molecular formula is C15H17N3O2S. The number of nitrogens with zero attached hydrogens (tertiary/aromatic N) is 1. The van der Waals surface area contributed by atoms with Crippen LogP contribution in [0.1, 0.15) is 12.8 Å². The SMILES string of the molecule is O=C(Nc1ccc(-c2ncc[nH]2)cc1)C1(O)CCSCC1. The molecule has 110 valence electrons. The average Bonchev–Trinajstić information content (AvgIpc) is 3.03. The number of hydrogen-bond donors (Lipinski definition) is 3. The number of imidazole rings is 1. The van der Waals surface area contributed by atoms with E-state index in [1.807, 2.05) is 24.3 Å². The number of benzene rings is 1. The van der Waals surface area contributed by atoms with Gasteiger partial charge in [-0.2, -0.15) is 11.8 Å². The zero-order chi connectivity index (χ0) is 14.7. The van der Waals surface area contributed by atoms with E-state index in [0.717, 1.165) is 22.9 Å². The third-order valence-electron chi connectivity index (χ3n) is 3.66. The van der Waals surface area contributed by atoms with Crippen LogP contribution in [0.3, 0.4) is 0 Å². The van der Waals surface area contributed by atoms with Crippen LogP contribution >= 0.6 is 11.8 Å². The van der Waals surface area contributed by atoms with Gasteiger partial charge in [0.1, 0.15) is 11.4 Å². The van der Waals surface area contributed by atoms with Crippen LogP contribution in [-0.4, -0.2) is 38.1 Å². The number of anilines is 1. The number of carbonyl (C=O) groups is 1. The van der Waals surface area contributed by atoms with Crippen LogP contribution in [0.5, 0.6) is 0 Å². The van der Waals surface area contributed by atoms with Crippen molar-refractivity contribution < 1.29 is 9.90 Å². The smallest absolute Gasteiger partial charge is 0.256 e. The van der Waals surface area contributed by atoms with E-state index in [1.165, 1.54) is 0 Å². The van der Waals surface area contributed by atoms with Gasteiger partial charge in [0.15, 0.2) is 0 Å². The van der Waals surface area contributed by atoms with Crippen molar-refractivity contribution in [1.29, 1.82) is 0 Å². The van der Waals surface area contributed by atoms with Gasteiger partial charge < -0.3 is 15.4 Å². The molecule has 0 aliphatic carbocycles. The first-order valence-corrected chi connectivity index (χ1v) is 8.04. The summed E-state index contributed by atoms with van der Waals surface area (Å²) in [6.45, 7) is 0. The summed E-state index contributed by atoms with van der Waals surface area (Å²) in [5.74, 6) is 2.12. The normalized spacial score (nSPS) is 17.4. The fourth-order valence-electron chi connectivity index (χ4n) is 2.32. The van der Waals surface area contributed by atoms with E-state index >= 15 is 0 Å². The van der Waals surface area contributed by atoms with Gasteiger partial charge in [0.25, 0.3) is 5.91 Å². The van der Waals surface area contributed by atoms with E-state index in [1.54, 1.807) is 24.2 Å². The van der Waals surface area contributed by atoms with Crippen LogP contribution in [-0.2, 0) is 4.79 Å². The molecule has 1 saturated heterocycles. The Morgan fingerprint density at radius 2 is 2.00 bits per heavy atom. The van der Waals surface area contributed by atoms with E-state index in [4.69, 9.17) is 0 Å². The molecule has 1 aromatic heterocycles. The molecule has 21 heavy (non-hydrogen) atoms. The summed E-state index contributed by atoms with van der Waals surface area (Å²) in [7, 11) is 0. The number of aromatic amines is 1. The van der Waals surface area contributed by atoms with Crippen LogP contribution in [0.25, 0.3) is 11.4 Å². The lowest BCUT2D eigenvalue weighted by Gasteiger charge is -2.30. The number of nitrogens with one attached hydrogen (secondary N) is 2. The summed E-state index contributed by atoms with van der Waals surface area (Å²) in [4.78, 5) is 19.4. The summed E-state index contributed by atoms with van der Waals surface area (Å²) < 4.78 is 0. The maximum absolute atomic E-state index is 12.2. The molecule has 0 bridgehead atoms. The Labute approximate surface area is 127 Å². The molecule has 6 heteroatoms. The molecule has 0 saturated carbocycles. The van der Waals surface area contributed by atoms with Crippen LogP contribution in [0.15, 0.2) is 36.7 Å². The second kappa shape index (κ2) is 5.91. The van der Waals surface area contributed by atoms with Crippen molar-refractivity contribution in [3.63, 3.8) is 0 Å². The van der Waals surface area contributed by atoms with Crippen molar-refractivity contribution in [2.75, 3.05) is 16.8 Å². The fraction of sp³-hybridized carbons (Fsp3) is 0.333. The van der Waals surface area contributed by atoms with Gasteiger partial charge in [-0.15, -0.1) is 0 Å². The molecule has 0 unspecified atom stereocenters. The Bertz CT molecular complexity index is 604. The highest BCUT2D eigenvalue weighted by molar-refractivity contribution is 7.99. The lowest BCUT2D eigenvalue weighted by Crippen LogP contribution is -2.45. The molecule has 5 nitrogen and oxygen atoms in total. The number of aliphatic hydroxyl groups is 1. The zero-order valence-electron chi connectivity index (χ0n) is 11.5. The summed E-state index contributed by atoms with van der Waals surface area (Å²) in [6, 6.07) is 7.40. The number of H-pyrrole nitrogens is 1. The standard InChI is InChI=1S/C15H17N3O2S/c19-14(15(20)5-9-21-10-6-15)18-12-3-1-11(2-4-12)13-16-7-8-17-13/h1-4,7-8,20H,5-6,9-10H2,(H,16,17)(H,18,19). The Hall–Kier alpha value is -1.79. The van der Waals surface area contributed by atoms with E-state index in [-0.39, 0.29) is 5.91 Å². The molecule has 1 aromatic carbocycles. The summed E-state index contributed by atoms with van der Waals surface area (Å²) >= 11 is 1.77. The van der Waals surface area contributed by atoms with Gasteiger partial charge in [-0.1, -0.05) is 0 Å². The number of hydrogen-bond acceptors (Lipinski definition) is 4. The molecule has 0 spiro atoms. The number of thioether (sulfide) groups is 1. The number of carbonyl (C=O) groups excluding carboxylic acids is 1. The van der Waals surface area contributed by atoms with Crippen molar-refractivity contribution >= 4 is 23.4 Å². The van der Waals surface area contributed by atoms with Crippen LogP contribution < -0.4 is 5.32 Å². The minimum atomic E-state index is -1.23. The average molecular weight is 303 g/mol. The molecule has 2 heterocycles. The topological polar surface area (TPSA) is 78.0 Å². The molecule has 2 aromatic rings. The maximum atomic E-state index is 12.2. The first-order valence-electron chi connectivity index (χ1n) is 6.89. The monoisotopic (exact) mass is 303 g/mol. The summed E-state index contributed by atoms with van der Waals surface area (Å²) in [5, 5.41) is 13.2. The lowest BCUT2D eigenvalue weighted by atomic mass is 9.95. The zero-order valence-corrected chi connectivity index (χ0v) is 12.3. The van der Waals surface area contributed by atoms with E-state index in [2.05, 4.69) is 15.3 Å². The van der Waals surface area contributed by atoms with Gasteiger partial charge in [0.2, 0.25) is 0 Å². The quantitative estimate of drug-likeness (QED) is 0.813. The highest BCUT2D eigenvalue weighted by Crippen LogP contribution is 2.28. The van der Waals surface area contributed by atoms with Gasteiger partial charge in [-0.3, -0.25) is 4.79 Å². The predicted molar refractivity (Wildman–Crippen MR) is 84.2 cm³/mol. The number of rotatable bonds is 3. The van der Waals surface area contributed by atoms with Crippen LogP contribution in [0, 0.1) is 0 Å². The Balaban J connectivity index is 1.69. The first-order chi connectivity index (χ1) is 10.2. The van der Waals surface area contributed by atoms with Gasteiger partial charge in [0, 0.05) is 23.6 Å². The summed E-state index contributed by atoms with van der Waals surface area (Å²) in [6.07, 6.45) is 4.48. The minimum absolute atomic E-state index is 0.312. The van der Waals surface area contributed by atoms with E-state index < -0.39 is 5.60 Å². The first kappa shape index (κ1) is 14.2.